The second kappa shape index (κ2) is 10.3. The van der Waals surface area contributed by atoms with Crippen molar-refractivity contribution in [3.05, 3.63) is 113 Å². The minimum Gasteiger partial charge on any atom is -0.340 e. The van der Waals surface area contributed by atoms with Crippen molar-refractivity contribution < 1.29 is 9.59 Å². The van der Waals surface area contributed by atoms with Crippen molar-refractivity contribution in [3.63, 3.8) is 0 Å². The number of piperazine rings is 1. The van der Waals surface area contributed by atoms with Crippen LogP contribution in [-0.2, 0) is 4.79 Å². The average molecular weight is 466 g/mol. The summed E-state index contributed by atoms with van der Waals surface area (Å²) in [5.41, 5.74) is 3.65. The lowest BCUT2D eigenvalue weighted by Gasteiger charge is -2.43. The van der Waals surface area contributed by atoms with Crippen LogP contribution in [0, 0.1) is 0 Å². The summed E-state index contributed by atoms with van der Waals surface area (Å²) in [7, 11) is 1.81. The van der Waals surface area contributed by atoms with Crippen LogP contribution in [0.5, 0.6) is 0 Å². The van der Waals surface area contributed by atoms with Crippen molar-refractivity contribution in [2.24, 2.45) is 0 Å². The molecule has 0 bridgehead atoms. The van der Waals surface area contributed by atoms with Crippen molar-refractivity contribution in [2.45, 2.75) is 12.0 Å². The first-order chi connectivity index (χ1) is 17.1. The van der Waals surface area contributed by atoms with E-state index >= 15 is 0 Å². The molecule has 2 aliphatic rings. The first kappa shape index (κ1) is 23.1. The highest BCUT2D eigenvalue weighted by Gasteiger charge is 2.44. The fourth-order valence-corrected chi connectivity index (χ4v) is 5.26. The van der Waals surface area contributed by atoms with E-state index in [1.807, 2.05) is 84.7 Å². The summed E-state index contributed by atoms with van der Waals surface area (Å²) in [5, 5.41) is 0. The summed E-state index contributed by atoms with van der Waals surface area (Å²) >= 11 is 0. The Bertz CT molecular complexity index is 1200. The molecule has 178 valence electrons. The number of benzene rings is 3. The highest BCUT2D eigenvalue weighted by molar-refractivity contribution is 6.01. The molecule has 0 aliphatic carbocycles. The van der Waals surface area contributed by atoms with E-state index in [0.717, 1.165) is 30.8 Å². The third kappa shape index (κ3) is 4.77. The Hall–Kier alpha value is -3.70. The molecule has 5 rings (SSSR count). The van der Waals surface area contributed by atoms with Gasteiger partial charge in [-0.05, 0) is 22.8 Å². The van der Waals surface area contributed by atoms with Crippen LogP contribution < -0.4 is 0 Å². The molecule has 2 heterocycles. The van der Waals surface area contributed by atoms with Crippen molar-refractivity contribution in [3.8, 4) is 0 Å². The molecule has 5 nitrogen and oxygen atoms in total. The van der Waals surface area contributed by atoms with Crippen LogP contribution in [0.1, 0.15) is 39.0 Å². The van der Waals surface area contributed by atoms with Crippen molar-refractivity contribution in [2.75, 3.05) is 39.8 Å². The zero-order chi connectivity index (χ0) is 24.2. The third-order valence-electron chi connectivity index (χ3n) is 7.14. The lowest BCUT2D eigenvalue weighted by Crippen LogP contribution is -2.52. The number of fused-ring (bicyclic) bond motifs is 1. The van der Waals surface area contributed by atoms with Crippen LogP contribution in [0.2, 0.25) is 0 Å². The van der Waals surface area contributed by atoms with Gasteiger partial charge in [-0.2, -0.15) is 0 Å². The predicted molar refractivity (Wildman–Crippen MR) is 139 cm³/mol. The molecule has 2 aliphatic heterocycles. The number of amides is 2. The van der Waals surface area contributed by atoms with Gasteiger partial charge in [-0.25, -0.2) is 0 Å². The molecular weight excluding hydrogens is 434 g/mol. The number of hydrogen-bond acceptors (Lipinski definition) is 3. The smallest absolute Gasteiger partial charge is 0.254 e. The number of nitrogens with zero attached hydrogens (tertiary/aromatic N) is 3. The summed E-state index contributed by atoms with van der Waals surface area (Å²) in [5.74, 6) is -0.348. The average Bonchev–Trinajstić information content (AvgIpc) is 2.92. The number of carbonyl (C=O) groups is 2. The predicted octanol–water partition coefficient (Wildman–Crippen LogP) is 4.45. The van der Waals surface area contributed by atoms with Gasteiger partial charge in [0.1, 0.15) is 0 Å². The molecule has 2 atom stereocenters. The second-order valence-corrected chi connectivity index (χ2v) is 9.28. The maximum absolute atomic E-state index is 14.0. The maximum atomic E-state index is 14.0. The number of hydrogen-bond donors (Lipinski definition) is 0. The van der Waals surface area contributed by atoms with E-state index in [1.165, 1.54) is 5.56 Å². The summed E-state index contributed by atoms with van der Waals surface area (Å²) in [6.45, 7) is 3.92. The van der Waals surface area contributed by atoms with Crippen LogP contribution >= 0.6 is 0 Å². The molecule has 0 unspecified atom stereocenters. The summed E-state index contributed by atoms with van der Waals surface area (Å²) in [6, 6.07) is 27.5. The molecule has 1 saturated heterocycles. The molecule has 3 aromatic carbocycles. The Morgan fingerprint density at radius 3 is 2.20 bits per heavy atom. The first-order valence-electron chi connectivity index (χ1n) is 12.3. The number of rotatable bonds is 5. The van der Waals surface area contributed by atoms with Gasteiger partial charge in [-0.1, -0.05) is 91.0 Å². The lowest BCUT2D eigenvalue weighted by atomic mass is 9.79. The largest absolute Gasteiger partial charge is 0.340 e. The van der Waals surface area contributed by atoms with Gasteiger partial charge in [0.2, 0.25) is 5.91 Å². The highest BCUT2D eigenvalue weighted by atomic mass is 16.2. The maximum Gasteiger partial charge on any atom is 0.254 e. The van der Waals surface area contributed by atoms with E-state index < -0.39 is 5.92 Å². The minimum atomic E-state index is -0.416. The van der Waals surface area contributed by atoms with E-state index in [-0.39, 0.29) is 17.9 Å². The van der Waals surface area contributed by atoms with E-state index in [4.69, 9.17) is 0 Å². The standard InChI is InChI=1S/C30H31N3O2/c1-31-28(24-14-6-3-7-15-24)27(25-16-8-9-17-26(25)29(31)34)30(35)33-21-19-32(20-22-33)18-10-13-23-11-4-2-5-12-23/h2-17,27-28H,18-22H2,1H3/b13-10+/t27-,28-/m1/s1. The Kier molecular flexibility index (Phi) is 6.77. The molecule has 0 radical (unpaired) electrons. The molecule has 0 spiro atoms. The van der Waals surface area contributed by atoms with Crippen LogP contribution in [0.4, 0.5) is 0 Å². The fraction of sp³-hybridized carbons (Fsp3) is 0.267. The SMILES string of the molecule is CN1C(=O)c2ccccc2[C@@H](C(=O)N2CCN(C/C=C/c3ccccc3)CC2)[C@H]1c1ccccc1. The van der Waals surface area contributed by atoms with E-state index in [0.29, 0.717) is 18.7 Å². The monoisotopic (exact) mass is 465 g/mol. The van der Waals surface area contributed by atoms with Crippen LogP contribution in [0.15, 0.2) is 91.0 Å². The Labute approximate surface area is 207 Å². The normalized spacial score (nSPS) is 20.8. The molecule has 0 saturated carbocycles. The van der Waals surface area contributed by atoms with Crippen LogP contribution in [-0.4, -0.2) is 66.3 Å². The van der Waals surface area contributed by atoms with E-state index in [1.54, 1.807) is 4.90 Å². The molecule has 1 fully saturated rings. The lowest BCUT2D eigenvalue weighted by molar-refractivity contribution is -0.136. The van der Waals surface area contributed by atoms with Gasteiger partial charge in [0.05, 0.1) is 12.0 Å². The van der Waals surface area contributed by atoms with Gasteiger partial charge in [-0.3, -0.25) is 14.5 Å². The van der Waals surface area contributed by atoms with Gasteiger partial charge in [-0.15, -0.1) is 0 Å². The van der Waals surface area contributed by atoms with Gasteiger partial charge in [0.25, 0.3) is 5.91 Å². The molecule has 35 heavy (non-hydrogen) atoms. The summed E-state index contributed by atoms with van der Waals surface area (Å²) < 4.78 is 0. The zero-order valence-corrected chi connectivity index (χ0v) is 20.1. The van der Waals surface area contributed by atoms with Crippen molar-refractivity contribution >= 4 is 17.9 Å². The van der Waals surface area contributed by atoms with Gasteiger partial charge in [0.15, 0.2) is 0 Å². The third-order valence-corrected chi connectivity index (χ3v) is 7.14. The van der Waals surface area contributed by atoms with Gasteiger partial charge >= 0.3 is 0 Å². The van der Waals surface area contributed by atoms with Crippen LogP contribution in [0.25, 0.3) is 6.08 Å². The molecule has 5 heteroatoms. The topological polar surface area (TPSA) is 43.9 Å². The summed E-state index contributed by atoms with van der Waals surface area (Å²) in [4.78, 5) is 33.3. The van der Waals surface area contributed by atoms with Crippen LogP contribution in [0.3, 0.4) is 0 Å². The Morgan fingerprint density at radius 1 is 0.857 bits per heavy atom. The molecule has 2 amide bonds. The quantitative estimate of drug-likeness (QED) is 0.559. The number of likely N-dealkylation sites (N-methyl/N-ethyl adjacent to an activating group) is 1. The van der Waals surface area contributed by atoms with E-state index in [9.17, 15) is 9.59 Å². The molecule has 3 aromatic rings. The molecule has 0 aromatic heterocycles. The van der Waals surface area contributed by atoms with Gasteiger partial charge < -0.3 is 9.80 Å². The Morgan fingerprint density at radius 2 is 1.49 bits per heavy atom. The fourth-order valence-electron chi connectivity index (χ4n) is 5.26. The summed E-state index contributed by atoms with van der Waals surface area (Å²) in [6.07, 6.45) is 4.34. The second-order valence-electron chi connectivity index (χ2n) is 9.28. The molecule has 0 N–H and O–H groups in total. The Balaban J connectivity index is 1.33. The van der Waals surface area contributed by atoms with Crippen molar-refractivity contribution in [1.82, 2.24) is 14.7 Å². The zero-order valence-electron chi connectivity index (χ0n) is 20.1. The first-order valence-corrected chi connectivity index (χ1v) is 12.3. The van der Waals surface area contributed by atoms with E-state index in [2.05, 4.69) is 29.2 Å². The minimum absolute atomic E-state index is 0.0338. The molecular formula is C30H31N3O2. The highest BCUT2D eigenvalue weighted by Crippen LogP contribution is 2.42. The number of carbonyl (C=O) groups excluding carboxylic acids is 2. The van der Waals surface area contributed by atoms with Gasteiger partial charge in [0, 0.05) is 45.3 Å². The van der Waals surface area contributed by atoms with Crippen molar-refractivity contribution in [1.29, 1.82) is 0 Å².